The second kappa shape index (κ2) is 10.9. The quantitative estimate of drug-likeness (QED) is 0.154. The van der Waals surface area contributed by atoms with Crippen LogP contribution in [0.15, 0.2) is 15.5 Å². The van der Waals surface area contributed by atoms with Gasteiger partial charge in [-0.3, -0.25) is 0 Å². The van der Waals surface area contributed by atoms with E-state index in [1.807, 2.05) is 0 Å². The molecule has 0 aromatic carbocycles. The van der Waals surface area contributed by atoms with Crippen molar-refractivity contribution in [1.29, 1.82) is 0 Å². The third kappa shape index (κ3) is 9.14. The van der Waals surface area contributed by atoms with Crippen LogP contribution >= 0.6 is 0 Å². The van der Waals surface area contributed by atoms with Crippen molar-refractivity contribution in [2.24, 2.45) is 27.3 Å². The van der Waals surface area contributed by atoms with Crippen molar-refractivity contribution in [2.45, 2.75) is 39.5 Å². The lowest BCUT2D eigenvalue weighted by molar-refractivity contribution is 0.168. The summed E-state index contributed by atoms with van der Waals surface area (Å²) in [7, 11) is 0. The van der Waals surface area contributed by atoms with Gasteiger partial charge in [0, 0.05) is 6.54 Å². The van der Waals surface area contributed by atoms with Crippen LogP contribution in [-0.2, 0) is 4.84 Å². The van der Waals surface area contributed by atoms with Crippen molar-refractivity contribution < 1.29 is 4.84 Å². The highest BCUT2D eigenvalue weighted by molar-refractivity contribution is 5.45. The third-order valence-electron chi connectivity index (χ3n) is 2.20. The van der Waals surface area contributed by atoms with E-state index in [9.17, 15) is 0 Å². The summed E-state index contributed by atoms with van der Waals surface area (Å²) in [5, 5.41) is 9.51. The maximum atomic E-state index is 4.90. The predicted molar refractivity (Wildman–Crippen MR) is 59.9 cm³/mol. The molecule has 0 aliphatic heterocycles. The number of hydroxylamine groups is 1. The molecule has 0 heterocycles. The standard InChI is InChI=1S/C9H21N5O/c1-3-5-6-9(4-2)7-12-15-8-11-14-13-10/h8-9,12H,3-7H2,1-2H3,(H2,10,14). The van der Waals surface area contributed by atoms with Gasteiger partial charge in [0.05, 0.1) is 0 Å². The molecule has 15 heavy (non-hydrogen) atoms. The molecule has 0 aliphatic carbocycles. The van der Waals surface area contributed by atoms with Gasteiger partial charge >= 0.3 is 0 Å². The van der Waals surface area contributed by atoms with Crippen molar-refractivity contribution in [2.75, 3.05) is 6.54 Å². The van der Waals surface area contributed by atoms with Crippen LogP contribution in [0.25, 0.3) is 0 Å². The molecular weight excluding hydrogens is 194 g/mol. The lowest BCUT2D eigenvalue weighted by Crippen LogP contribution is -2.22. The van der Waals surface area contributed by atoms with Gasteiger partial charge in [0.1, 0.15) is 0 Å². The smallest absolute Gasteiger partial charge is 0.223 e. The summed E-state index contributed by atoms with van der Waals surface area (Å²) in [5.41, 5.74) is 2.81. The fraction of sp³-hybridized carbons (Fsp3) is 0.889. The Balaban J connectivity index is 3.45. The molecule has 0 saturated carbocycles. The highest BCUT2D eigenvalue weighted by atomic mass is 16.6. The van der Waals surface area contributed by atoms with Gasteiger partial charge in [-0.1, -0.05) is 43.4 Å². The Morgan fingerprint density at radius 3 is 2.87 bits per heavy atom. The second-order valence-corrected chi connectivity index (χ2v) is 3.31. The van der Waals surface area contributed by atoms with Gasteiger partial charge in [0.2, 0.25) is 6.40 Å². The van der Waals surface area contributed by atoms with Gasteiger partial charge in [-0.15, -0.1) is 0 Å². The molecule has 0 aliphatic rings. The van der Waals surface area contributed by atoms with Crippen LogP contribution in [0.4, 0.5) is 0 Å². The molecule has 88 valence electrons. The normalized spacial score (nSPS) is 13.7. The first-order valence-electron chi connectivity index (χ1n) is 5.35. The van der Waals surface area contributed by atoms with Crippen LogP contribution in [0.3, 0.4) is 0 Å². The minimum absolute atomic E-state index is 0.648. The van der Waals surface area contributed by atoms with Gasteiger partial charge < -0.3 is 10.7 Å². The molecule has 0 amide bonds. The van der Waals surface area contributed by atoms with Gasteiger partial charge in [0.15, 0.2) is 0 Å². The highest BCUT2D eigenvalue weighted by Gasteiger charge is 2.04. The summed E-state index contributed by atoms with van der Waals surface area (Å²) in [6.07, 6.45) is 6.04. The van der Waals surface area contributed by atoms with Crippen molar-refractivity contribution in [3.8, 4) is 0 Å². The molecule has 0 fully saturated rings. The van der Waals surface area contributed by atoms with E-state index in [1.165, 1.54) is 25.7 Å². The molecule has 0 spiro atoms. The predicted octanol–water partition coefficient (Wildman–Crippen LogP) is 1.99. The topological polar surface area (TPSA) is 84.4 Å². The third-order valence-corrected chi connectivity index (χ3v) is 2.20. The minimum Gasteiger partial charge on any atom is -0.395 e. The lowest BCUT2D eigenvalue weighted by Gasteiger charge is -2.13. The molecule has 0 aromatic heterocycles. The van der Waals surface area contributed by atoms with Gasteiger partial charge in [-0.25, -0.2) is 0 Å². The molecule has 0 saturated heterocycles. The van der Waals surface area contributed by atoms with Crippen LogP contribution in [0, 0.1) is 5.92 Å². The summed E-state index contributed by atoms with van der Waals surface area (Å²) in [4.78, 5) is 4.90. The Labute approximate surface area is 90.9 Å². The Morgan fingerprint density at radius 2 is 2.27 bits per heavy atom. The zero-order valence-corrected chi connectivity index (χ0v) is 9.52. The van der Waals surface area contributed by atoms with Crippen molar-refractivity contribution in [1.82, 2.24) is 5.48 Å². The van der Waals surface area contributed by atoms with E-state index >= 15 is 0 Å². The first-order valence-corrected chi connectivity index (χ1v) is 5.35. The maximum absolute atomic E-state index is 4.90. The van der Waals surface area contributed by atoms with Crippen LogP contribution < -0.4 is 11.3 Å². The SMILES string of the molecule is CCCCC(CC)CNOC=NN=NN. The zero-order chi connectivity index (χ0) is 11.4. The van der Waals surface area contributed by atoms with Crippen LogP contribution in [0.5, 0.6) is 0 Å². The molecule has 0 radical (unpaired) electrons. The summed E-state index contributed by atoms with van der Waals surface area (Å²) in [6.45, 7) is 5.20. The molecule has 6 heteroatoms. The van der Waals surface area contributed by atoms with E-state index in [4.69, 9.17) is 10.7 Å². The highest BCUT2D eigenvalue weighted by Crippen LogP contribution is 2.10. The number of rotatable bonds is 9. The Bertz CT molecular complexity index is 183. The van der Waals surface area contributed by atoms with E-state index in [0.717, 1.165) is 13.0 Å². The first kappa shape index (κ1) is 13.8. The Kier molecular flexibility index (Phi) is 10.1. The number of nitrogens with one attached hydrogen (secondary N) is 1. The molecule has 6 nitrogen and oxygen atoms in total. The maximum Gasteiger partial charge on any atom is 0.223 e. The van der Waals surface area contributed by atoms with Crippen molar-refractivity contribution in [3.05, 3.63) is 0 Å². The molecular formula is C9H21N5O. The van der Waals surface area contributed by atoms with Gasteiger partial charge in [-0.05, 0) is 17.6 Å². The lowest BCUT2D eigenvalue weighted by atomic mass is 10.00. The number of nitrogens with zero attached hydrogens (tertiary/aromatic N) is 3. The molecule has 0 aromatic rings. The average molecular weight is 215 g/mol. The monoisotopic (exact) mass is 215 g/mol. The Hall–Kier alpha value is -1.17. The largest absolute Gasteiger partial charge is 0.395 e. The van der Waals surface area contributed by atoms with Gasteiger partial charge in [-0.2, -0.15) is 5.48 Å². The number of hydrogen-bond acceptors (Lipinski definition) is 4. The zero-order valence-electron chi connectivity index (χ0n) is 9.52. The number of nitrogens with two attached hydrogens (primary N) is 1. The van der Waals surface area contributed by atoms with E-state index in [-0.39, 0.29) is 0 Å². The number of hydrogen-bond donors (Lipinski definition) is 2. The van der Waals surface area contributed by atoms with E-state index in [0.29, 0.717) is 5.92 Å². The average Bonchev–Trinajstić information content (AvgIpc) is 2.27. The van der Waals surface area contributed by atoms with Crippen LogP contribution in [0.2, 0.25) is 0 Å². The van der Waals surface area contributed by atoms with E-state index in [2.05, 4.69) is 34.9 Å². The molecule has 3 N–H and O–H groups in total. The fourth-order valence-corrected chi connectivity index (χ4v) is 1.22. The first-order chi connectivity index (χ1) is 7.35. The summed E-state index contributed by atoms with van der Waals surface area (Å²) in [6, 6.07) is 0. The summed E-state index contributed by atoms with van der Waals surface area (Å²) in [5.74, 6) is 5.38. The summed E-state index contributed by atoms with van der Waals surface area (Å²) < 4.78 is 0. The Morgan fingerprint density at radius 1 is 1.47 bits per heavy atom. The fourth-order valence-electron chi connectivity index (χ4n) is 1.22. The van der Waals surface area contributed by atoms with Gasteiger partial charge in [0.25, 0.3) is 0 Å². The molecule has 0 bridgehead atoms. The van der Waals surface area contributed by atoms with E-state index < -0.39 is 0 Å². The molecule has 0 rings (SSSR count). The van der Waals surface area contributed by atoms with Crippen molar-refractivity contribution in [3.63, 3.8) is 0 Å². The van der Waals surface area contributed by atoms with E-state index in [1.54, 1.807) is 0 Å². The molecule has 1 unspecified atom stereocenters. The molecule has 1 atom stereocenters. The van der Waals surface area contributed by atoms with Crippen LogP contribution in [-0.4, -0.2) is 12.9 Å². The number of unbranched alkanes of at least 4 members (excludes halogenated alkanes) is 1. The minimum atomic E-state index is 0.648. The van der Waals surface area contributed by atoms with Crippen molar-refractivity contribution >= 4 is 6.40 Å². The second-order valence-electron chi connectivity index (χ2n) is 3.31. The summed E-state index contributed by atoms with van der Waals surface area (Å²) >= 11 is 0. The van der Waals surface area contributed by atoms with Crippen LogP contribution in [0.1, 0.15) is 39.5 Å².